The average molecular weight is 233 g/mol. The normalized spacial score (nSPS) is 13.7. The summed E-state index contributed by atoms with van der Waals surface area (Å²) < 4.78 is 25.8. The SMILES string of the molecule is CC(C(=O)c1ccc(Cl)cc1)C(C)(F)F. The largest absolute Gasteiger partial charge is 0.294 e. The van der Waals surface area contributed by atoms with E-state index in [1.54, 1.807) is 0 Å². The molecule has 82 valence electrons. The summed E-state index contributed by atoms with van der Waals surface area (Å²) in [6.45, 7) is 1.96. The summed E-state index contributed by atoms with van der Waals surface area (Å²) in [4.78, 5) is 11.6. The minimum Gasteiger partial charge on any atom is -0.294 e. The molecule has 0 spiro atoms. The summed E-state index contributed by atoms with van der Waals surface area (Å²) in [5.41, 5.74) is 0.258. The number of benzene rings is 1. The maximum absolute atomic E-state index is 12.9. The van der Waals surface area contributed by atoms with Gasteiger partial charge in [-0.2, -0.15) is 0 Å². The van der Waals surface area contributed by atoms with E-state index in [4.69, 9.17) is 11.6 Å². The Morgan fingerprint density at radius 2 is 1.80 bits per heavy atom. The van der Waals surface area contributed by atoms with Crippen molar-refractivity contribution in [1.82, 2.24) is 0 Å². The third-order valence-electron chi connectivity index (χ3n) is 2.28. The van der Waals surface area contributed by atoms with E-state index in [0.29, 0.717) is 5.02 Å². The van der Waals surface area contributed by atoms with Crippen molar-refractivity contribution in [3.8, 4) is 0 Å². The molecule has 0 aromatic heterocycles. The van der Waals surface area contributed by atoms with Gasteiger partial charge in [-0.3, -0.25) is 4.79 Å². The quantitative estimate of drug-likeness (QED) is 0.725. The van der Waals surface area contributed by atoms with Crippen molar-refractivity contribution >= 4 is 17.4 Å². The number of Topliss-reactive ketones (excluding diaryl/α,β-unsaturated/α-hetero) is 1. The minimum absolute atomic E-state index is 0.258. The topological polar surface area (TPSA) is 17.1 Å². The van der Waals surface area contributed by atoms with Gasteiger partial charge in [-0.1, -0.05) is 11.6 Å². The van der Waals surface area contributed by atoms with Crippen LogP contribution in [0.5, 0.6) is 0 Å². The van der Waals surface area contributed by atoms with Gasteiger partial charge in [0.15, 0.2) is 5.78 Å². The number of rotatable bonds is 3. The van der Waals surface area contributed by atoms with Crippen molar-refractivity contribution in [2.24, 2.45) is 5.92 Å². The fraction of sp³-hybridized carbons (Fsp3) is 0.364. The maximum Gasteiger partial charge on any atom is 0.255 e. The minimum atomic E-state index is -3.00. The molecule has 0 N–H and O–H groups in total. The predicted molar refractivity (Wildman–Crippen MR) is 55.6 cm³/mol. The highest BCUT2D eigenvalue weighted by atomic mass is 35.5. The molecule has 1 aromatic carbocycles. The molecule has 0 amide bonds. The average Bonchev–Trinajstić information content (AvgIpc) is 2.15. The number of ketones is 1. The standard InChI is InChI=1S/C11H11ClF2O/c1-7(11(2,13)14)10(15)8-3-5-9(12)6-4-8/h3-7H,1-2H3. The fourth-order valence-corrected chi connectivity index (χ4v) is 1.22. The van der Waals surface area contributed by atoms with Crippen molar-refractivity contribution in [2.45, 2.75) is 19.8 Å². The molecule has 0 saturated heterocycles. The molecule has 0 aliphatic heterocycles. The Balaban J connectivity index is 2.90. The zero-order valence-electron chi connectivity index (χ0n) is 8.43. The molecular formula is C11H11ClF2O. The fourth-order valence-electron chi connectivity index (χ4n) is 1.09. The molecular weight excluding hydrogens is 222 g/mol. The Hall–Kier alpha value is -0.960. The maximum atomic E-state index is 12.9. The molecule has 1 nitrogen and oxygen atoms in total. The Morgan fingerprint density at radius 1 is 1.33 bits per heavy atom. The lowest BCUT2D eigenvalue weighted by Crippen LogP contribution is -2.29. The van der Waals surface area contributed by atoms with Gasteiger partial charge < -0.3 is 0 Å². The molecule has 1 aromatic rings. The third-order valence-corrected chi connectivity index (χ3v) is 2.53. The number of carbonyl (C=O) groups excluding carboxylic acids is 1. The van der Waals surface area contributed by atoms with E-state index >= 15 is 0 Å². The van der Waals surface area contributed by atoms with Crippen LogP contribution in [0.2, 0.25) is 5.02 Å². The van der Waals surface area contributed by atoms with Crippen LogP contribution < -0.4 is 0 Å². The van der Waals surface area contributed by atoms with Gasteiger partial charge in [0, 0.05) is 17.5 Å². The van der Waals surface area contributed by atoms with Gasteiger partial charge in [0.2, 0.25) is 0 Å². The lowest BCUT2D eigenvalue weighted by molar-refractivity contribution is -0.0222. The summed E-state index contributed by atoms with van der Waals surface area (Å²) in [7, 11) is 0. The number of halogens is 3. The van der Waals surface area contributed by atoms with Crippen LogP contribution in [0.1, 0.15) is 24.2 Å². The summed E-state index contributed by atoms with van der Waals surface area (Å²) in [6, 6.07) is 5.92. The number of hydrogen-bond donors (Lipinski definition) is 0. The number of alkyl halides is 2. The van der Waals surface area contributed by atoms with Gasteiger partial charge in [-0.05, 0) is 31.2 Å². The summed E-state index contributed by atoms with van der Waals surface area (Å²) in [6.07, 6.45) is 0. The second-order valence-corrected chi connectivity index (χ2v) is 3.99. The van der Waals surface area contributed by atoms with Crippen molar-refractivity contribution in [3.05, 3.63) is 34.9 Å². The molecule has 0 heterocycles. The second-order valence-electron chi connectivity index (χ2n) is 3.55. The Labute approximate surface area is 92.1 Å². The molecule has 15 heavy (non-hydrogen) atoms. The molecule has 0 saturated carbocycles. The van der Waals surface area contributed by atoms with Gasteiger partial charge in [0.25, 0.3) is 5.92 Å². The molecule has 0 fully saturated rings. The van der Waals surface area contributed by atoms with Crippen molar-refractivity contribution in [1.29, 1.82) is 0 Å². The van der Waals surface area contributed by atoms with Crippen LogP contribution in [0.3, 0.4) is 0 Å². The van der Waals surface area contributed by atoms with Crippen molar-refractivity contribution in [2.75, 3.05) is 0 Å². The van der Waals surface area contributed by atoms with Gasteiger partial charge in [0.1, 0.15) is 0 Å². The van der Waals surface area contributed by atoms with Crippen molar-refractivity contribution < 1.29 is 13.6 Å². The van der Waals surface area contributed by atoms with Crippen LogP contribution in [0, 0.1) is 5.92 Å². The third kappa shape index (κ3) is 2.99. The summed E-state index contributed by atoms with van der Waals surface area (Å²) in [5, 5.41) is 0.475. The first-order chi connectivity index (χ1) is 6.82. The zero-order valence-corrected chi connectivity index (χ0v) is 9.18. The van der Waals surface area contributed by atoms with Crippen LogP contribution in [0.25, 0.3) is 0 Å². The molecule has 1 atom stereocenters. The van der Waals surface area contributed by atoms with Gasteiger partial charge in [-0.15, -0.1) is 0 Å². The van der Waals surface area contributed by atoms with Gasteiger partial charge in [-0.25, -0.2) is 8.78 Å². The predicted octanol–water partition coefficient (Wildman–Crippen LogP) is 3.81. The molecule has 1 rings (SSSR count). The lowest BCUT2D eigenvalue weighted by Gasteiger charge is -2.17. The van der Waals surface area contributed by atoms with E-state index in [1.165, 1.54) is 31.2 Å². The first-order valence-electron chi connectivity index (χ1n) is 4.50. The molecule has 1 unspecified atom stereocenters. The molecule has 4 heteroatoms. The highest BCUT2D eigenvalue weighted by Crippen LogP contribution is 2.26. The van der Waals surface area contributed by atoms with Crippen molar-refractivity contribution in [3.63, 3.8) is 0 Å². The van der Waals surface area contributed by atoms with E-state index in [2.05, 4.69) is 0 Å². The van der Waals surface area contributed by atoms with E-state index in [9.17, 15) is 13.6 Å². The monoisotopic (exact) mass is 232 g/mol. The van der Waals surface area contributed by atoms with Crippen LogP contribution in [-0.4, -0.2) is 11.7 Å². The van der Waals surface area contributed by atoms with Crippen LogP contribution in [-0.2, 0) is 0 Å². The van der Waals surface area contributed by atoms with Crippen LogP contribution in [0.4, 0.5) is 8.78 Å². The molecule has 0 radical (unpaired) electrons. The van der Waals surface area contributed by atoms with Crippen LogP contribution in [0.15, 0.2) is 24.3 Å². The first kappa shape index (κ1) is 12.1. The molecule has 0 aliphatic rings. The summed E-state index contributed by atoms with van der Waals surface area (Å²) >= 11 is 5.63. The first-order valence-corrected chi connectivity index (χ1v) is 4.88. The molecule has 0 bridgehead atoms. The Bertz CT molecular complexity index is 354. The van der Waals surface area contributed by atoms with E-state index < -0.39 is 17.6 Å². The Kier molecular flexibility index (Phi) is 3.45. The van der Waals surface area contributed by atoms with Gasteiger partial charge >= 0.3 is 0 Å². The number of carbonyl (C=O) groups is 1. The highest BCUT2D eigenvalue weighted by Gasteiger charge is 2.35. The lowest BCUT2D eigenvalue weighted by atomic mass is 9.94. The van der Waals surface area contributed by atoms with E-state index in [0.717, 1.165) is 6.92 Å². The molecule has 0 aliphatic carbocycles. The smallest absolute Gasteiger partial charge is 0.255 e. The highest BCUT2D eigenvalue weighted by molar-refractivity contribution is 6.30. The summed E-state index contributed by atoms with van der Waals surface area (Å²) in [5.74, 6) is -4.89. The zero-order chi connectivity index (χ0) is 11.6. The Morgan fingerprint density at radius 3 is 2.20 bits per heavy atom. The second kappa shape index (κ2) is 4.27. The van der Waals surface area contributed by atoms with E-state index in [-0.39, 0.29) is 5.56 Å². The number of hydrogen-bond acceptors (Lipinski definition) is 1. The van der Waals surface area contributed by atoms with Gasteiger partial charge in [0.05, 0.1) is 5.92 Å². The van der Waals surface area contributed by atoms with E-state index in [1.807, 2.05) is 0 Å². The van der Waals surface area contributed by atoms with Crippen LogP contribution >= 0.6 is 11.6 Å².